The van der Waals surface area contributed by atoms with Crippen molar-refractivity contribution in [1.29, 1.82) is 0 Å². The number of nitrogens with zero attached hydrogens (tertiary/aromatic N) is 2. The topological polar surface area (TPSA) is 81.8 Å². The maximum atomic E-state index is 13.5. The number of carbonyl (C=O) groups is 3. The number of likely N-dealkylation sites (tertiary alicyclic amines) is 1. The Morgan fingerprint density at radius 1 is 1.03 bits per heavy atom. The third-order valence-electron chi connectivity index (χ3n) is 6.43. The van der Waals surface area contributed by atoms with Crippen LogP contribution in [0.5, 0.6) is 0 Å². The molecule has 35 heavy (non-hydrogen) atoms. The van der Waals surface area contributed by atoms with Crippen LogP contribution >= 0.6 is 0 Å². The fraction of sp³-hybridized carbons (Fsp3) is 0.250. The number of hydrogen-bond acceptors (Lipinski definition) is 5. The number of fused-ring (bicyclic) bond motifs is 1. The number of ether oxygens (including phenoxy) is 1. The molecule has 2 aromatic heterocycles. The normalized spacial score (nSPS) is 15.6. The van der Waals surface area contributed by atoms with Gasteiger partial charge in [-0.2, -0.15) is 0 Å². The number of hydrogen-bond donors (Lipinski definition) is 0. The van der Waals surface area contributed by atoms with E-state index < -0.39 is 11.9 Å². The Balaban J connectivity index is 1.35. The number of aryl methyl sites for hydroxylation is 1. The van der Waals surface area contributed by atoms with Gasteiger partial charge in [0.1, 0.15) is 5.76 Å². The molecule has 1 aliphatic heterocycles. The highest BCUT2D eigenvalue weighted by atomic mass is 16.5. The zero-order valence-electron chi connectivity index (χ0n) is 19.5. The number of carbonyl (C=O) groups excluding carboxylic acids is 3. The Hall–Kier alpha value is -4.13. The van der Waals surface area contributed by atoms with Crippen LogP contribution in [0, 0.1) is 5.92 Å². The van der Waals surface area contributed by atoms with Gasteiger partial charge in [-0.15, -0.1) is 0 Å². The first-order chi connectivity index (χ1) is 17.1. The van der Waals surface area contributed by atoms with Crippen molar-refractivity contribution >= 4 is 28.6 Å². The van der Waals surface area contributed by atoms with E-state index in [4.69, 9.17) is 9.15 Å². The third kappa shape index (κ3) is 4.37. The smallest absolute Gasteiger partial charge is 0.311 e. The standard InChI is InChI=1S/C28H26N2O5/c1-2-30-23-13-7-6-12-22(23)26(27(30)19-9-4-3-5-10-19)24(31)18-35-28(33)20-15-25(32)29(16-20)17-21-11-8-14-34-21/h3-14,20H,2,15-18H2,1H3/t20-/m0/s1. The van der Waals surface area contributed by atoms with E-state index in [1.807, 2.05) is 61.5 Å². The summed E-state index contributed by atoms with van der Waals surface area (Å²) < 4.78 is 12.9. The fourth-order valence-corrected chi connectivity index (χ4v) is 4.81. The van der Waals surface area contributed by atoms with Crippen LogP contribution in [0.25, 0.3) is 22.2 Å². The van der Waals surface area contributed by atoms with Crippen LogP contribution in [0.3, 0.4) is 0 Å². The molecule has 0 unspecified atom stereocenters. The summed E-state index contributed by atoms with van der Waals surface area (Å²) in [6.45, 7) is 2.91. The van der Waals surface area contributed by atoms with Gasteiger partial charge in [0.05, 0.1) is 30.0 Å². The summed E-state index contributed by atoms with van der Waals surface area (Å²) in [5, 5.41) is 0.829. The zero-order valence-corrected chi connectivity index (χ0v) is 19.5. The molecule has 7 nitrogen and oxygen atoms in total. The summed E-state index contributed by atoms with van der Waals surface area (Å²) >= 11 is 0. The van der Waals surface area contributed by atoms with Crippen molar-refractivity contribution in [3.63, 3.8) is 0 Å². The summed E-state index contributed by atoms with van der Waals surface area (Å²) in [7, 11) is 0. The van der Waals surface area contributed by atoms with Gasteiger partial charge in [0.25, 0.3) is 0 Å². The van der Waals surface area contributed by atoms with Crippen molar-refractivity contribution < 1.29 is 23.5 Å². The lowest BCUT2D eigenvalue weighted by Crippen LogP contribution is -2.27. The number of amides is 1. The first-order valence-corrected chi connectivity index (χ1v) is 11.7. The molecule has 178 valence electrons. The molecule has 2 aromatic carbocycles. The molecule has 1 saturated heterocycles. The van der Waals surface area contributed by atoms with Crippen molar-refractivity contribution in [3.8, 4) is 11.3 Å². The molecule has 0 spiro atoms. The molecule has 0 bridgehead atoms. The van der Waals surface area contributed by atoms with Crippen LogP contribution in [0.15, 0.2) is 77.4 Å². The molecule has 7 heteroatoms. The van der Waals surface area contributed by atoms with E-state index in [0.29, 0.717) is 24.4 Å². The Bertz CT molecular complexity index is 1370. The lowest BCUT2D eigenvalue weighted by atomic mass is 10.0. The lowest BCUT2D eigenvalue weighted by molar-refractivity contribution is -0.147. The maximum absolute atomic E-state index is 13.5. The van der Waals surface area contributed by atoms with Crippen molar-refractivity contribution in [1.82, 2.24) is 9.47 Å². The molecule has 0 saturated carbocycles. The number of Topliss-reactive ketones (excluding diaryl/α,β-unsaturated/α-hetero) is 1. The van der Waals surface area contributed by atoms with Crippen LogP contribution in [0.1, 0.15) is 29.5 Å². The second kappa shape index (κ2) is 9.62. The molecule has 0 radical (unpaired) electrons. The first-order valence-electron chi connectivity index (χ1n) is 11.7. The van der Waals surface area contributed by atoms with Crippen LogP contribution in [-0.4, -0.2) is 40.3 Å². The van der Waals surface area contributed by atoms with Crippen LogP contribution in [0.4, 0.5) is 0 Å². The number of para-hydroxylation sites is 1. The molecular formula is C28H26N2O5. The monoisotopic (exact) mass is 470 g/mol. The Labute approximate surface area is 202 Å². The molecule has 0 aliphatic carbocycles. The number of benzene rings is 2. The zero-order chi connectivity index (χ0) is 24.4. The Morgan fingerprint density at radius 3 is 2.54 bits per heavy atom. The van der Waals surface area contributed by atoms with Gasteiger partial charge in [-0.3, -0.25) is 14.4 Å². The predicted molar refractivity (Wildman–Crippen MR) is 131 cm³/mol. The number of rotatable bonds is 8. The molecule has 1 fully saturated rings. The molecule has 0 N–H and O–H groups in total. The van der Waals surface area contributed by atoms with E-state index >= 15 is 0 Å². The maximum Gasteiger partial charge on any atom is 0.311 e. The van der Waals surface area contributed by atoms with Crippen LogP contribution in [-0.2, 0) is 27.4 Å². The van der Waals surface area contributed by atoms with Gasteiger partial charge < -0.3 is 18.6 Å². The van der Waals surface area contributed by atoms with Crippen molar-refractivity contribution in [2.24, 2.45) is 5.92 Å². The largest absolute Gasteiger partial charge is 0.467 e. The van der Waals surface area contributed by atoms with Gasteiger partial charge in [-0.05, 0) is 30.7 Å². The highest BCUT2D eigenvalue weighted by Gasteiger charge is 2.36. The SMILES string of the molecule is CCn1c(-c2ccccc2)c(C(=O)COC(=O)[C@H]2CC(=O)N(Cc3ccco3)C2)c2ccccc21. The van der Waals surface area contributed by atoms with E-state index in [9.17, 15) is 14.4 Å². The minimum atomic E-state index is -0.601. The second-order valence-electron chi connectivity index (χ2n) is 8.64. The Morgan fingerprint density at radius 2 is 1.80 bits per heavy atom. The number of aromatic nitrogens is 1. The van der Waals surface area contributed by atoms with Gasteiger partial charge in [0.2, 0.25) is 11.7 Å². The Kier molecular flexibility index (Phi) is 6.23. The summed E-state index contributed by atoms with van der Waals surface area (Å²) in [6.07, 6.45) is 1.62. The van der Waals surface area contributed by atoms with Crippen molar-refractivity contribution in [2.75, 3.05) is 13.2 Å². The average molecular weight is 471 g/mol. The summed E-state index contributed by atoms with van der Waals surface area (Å²) in [4.78, 5) is 40.2. The highest BCUT2D eigenvalue weighted by Crippen LogP contribution is 2.34. The molecule has 1 atom stereocenters. The molecule has 1 aliphatic rings. The van der Waals surface area contributed by atoms with Crippen molar-refractivity contribution in [2.45, 2.75) is 26.4 Å². The molecule has 1 amide bonds. The first kappa shape index (κ1) is 22.7. The van der Waals surface area contributed by atoms with Gasteiger partial charge >= 0.3 is 5.97 Å². The van der Waals surface area contributed by atoms with Crippen LogP contribution < -0.4 is 0 Å². The van der Waals surface area contributed by atoms with Gasteiger partial charge in [0, 0.05) is 30.4 Å². The minimum Gasteiger partial charge on any atom is -0.467 e. The number of ketones is 1. The van der Waals surface area contributed by atoms with Gasteiger partial charge in [0.15, 0.2) is 6.61 Å². The molecular weight excluding hydrogens is 444 g/mol. The number of furan rings is 1. The fourth-order valence-electron chi connectivity index (χ4n) is 4.81. The second-order valence-corrected chi connectivity index (χ2v) is 8.64. The number of esters is 1. The summed E-state index contributed by atoms with van der Waals surface area (Å²) in [5.74, 6) is -0.877. The summed E-state index contributed by atoms with van der Waals surface area (Å²) in [5.41, 5.74) is 3.24. The van der Waals surface area contributed by atoms with Crippen molar-refractivity contribution in [3.05, 3.63) is 84.3 Å². The minimum absolute atomic E-state index is 0.0676. The van der Waals surface area contributed by atoms with E-state index in [1.54, 1.807) is 23.3 Å². The van der Waals surface area contributed by atoms with E-state index in [-0.39, 0.29) is 31.3 Å². The summed E-state index contributed by atoms with van der Waals surface area (Å²) in [6, 6.07) is 21.1. The predicted octanol–water partition coefficient (Wildman–Crippen LogP) is 4.70. The van der Waals surface area contributed by atoms with E-state index in [2.05, 4.69) is 4.57 Å². The van der Waals surface area contributed by atoms with Gasteiger partial charge in [-0.25, -0.2) is 0 Å². The van der Waals surface area contributed by atoms with E-state index in [0.717, 1.165) is 22.2 Å². The highest BCUT2D eigenvalue weighted by molar-refractivity contribution is 6.14. The van der Waals surface area contributed by atoms with Crippen LogP contribution in [0.2, 0.25) is 0 Å². The molecule has 4 aromatic rings. The molecule has 5 rings (SSSR count). The third-order valence-corrected chi connectivity index (χ3v) is 6.43. The average Bonchev–Trinajstić information content (AvgIpc) is 3.61. The van der Waals surface area contributed by atoms with Gasteiger partial charge in [-0.1, -0.05) is 48.5 Å². The quantitative estimate of drug-likeness (QED) is 0.276. The molecule has 3 heterocycles. The lowest BCUT2D eigenvalue weighted by Gasteiger charge is -2.15. The van der Waals surface area contributed by atoms with E-state index in [1.165, 1.54) is 0 Å².